The lowest BCUT2D eigenvalue weighted by atomic mass is 10.0. The summed E-state index contributed by atoms with van der Waals surface area (Å²) in [4.78, 5) is 11.9. The van der Waals surface area contributed by atoms with E-state index in [2.05, 4.69) is 5.32 Å². The van der Waals surface area contributed by atoms with Crippen molar-refractivity contribution in [3.63, 3.8) is 0 Å². The molecule has 1 aromatic rings. The van der Waals surface area contributed by atoms with Crippen LogP contribution in [-0.4, -0.2) is 26.2 Å². The first-order valence-electron chi connectivity index (χ1n) is 6.64. The number of halogens is 1. The van der Waals surface area contributed by atoms with Crippen molar-refractivity contribution in [1.82, 2.24) is 5.32 Å². The third kappa shape index (κ3) is 6.60. The molecular formula is C15H22ClNO2. The molecule has 0 aliphatic heterocycles. The molecule has 1 unspecified atom stereocenters. The second kappa shape index (κ2) is 8.94. The molecule has 0 radical (unpaired) electrons. The maximum absolute atomic E-state index is 11.9. The fourth-order valence-corrected chi connectivity index (χ4v) is 1.95. The number of benzene rings is 1. The minimum absolute atomic E-state index is 0.0244. The Balaban J connectivity index is 2.26. The van der Waals surface area contributed by atoms with E-state index in [0.29, 0.717) is 6.54 Å². The first-order chi connectivity index (χ1) is 9.13. The van der Waals surface area contributed by atoms with Gasteiger partial charge < -0.3 is 10.1 Å². The van der Waals surface area contributed by atoms with Crippen molar-refractivity contribution in [1.29, 1.82) is 0 Å². The van der Waals surface area contributed by atoms with Gasteiger partial charge in [-0.05, 0) is 37.0 Å². The molecule has 0 spiro atoms. The van der Waals surface area contributed by atoms with Gasteiger partial charge in [0.05, 0.1) is 0 Å². The number of amides is 1. The molecule has 0 fully saturated rings. The fourth-order valence-electron chi connectivity index (χ4n) is 1.82. The lowest BCUT2D eigenvalue weighted by Gasteiger charge is -2.12. The van der Waals surface area contributed by atoms with E-state index in [0.717, 1.165) is 36.5 Å². The first kappa shape index (κ1) is 16.0. The number of carbonyl (C=O) groups excluding carboxylic acids is 1. The van der Waals surface area contributed by atoms with E-state index in [1.54, 1.807) is 7.11 Å². The highest BCUT2D eigenvalue weighted by Crippen LogP contribution is 2.13. The van der Waals surface area contributed by atoms with Crippen LogP contribution in [0.25, 0.3) is 0 Å². The van der Waals surface area contributed by atoms with Gasteiger partial charge in [-0.25, -0.2) is 0 Å². The van der Waals surface area contributed by atoms with Crippen molar-refractivity contribution in [2.45, 2.75) is 26.2 Å². The van der Waals surface area contributed by atoms with Gasteiger partial charge in [-0.15, -0.1) is 0 Å². The van der Waals surface area contributed by atoms with Crippen molar-refractivity contribution in [3.05, 3.63) is 34.9 Å². The molecule has 0 aliphatic carbocycles. The van der Waals surface area contributed by atoms with E-state index in [1.807, 2.05) is 31.2 Å². The van der Waals surface area contributed by atoms with Crippen LogP contribution >= 0.6 is 11.6 Å². The zero-order chi connectivity index (χ0) is 14.1. The van der Waals surface area contributed by atoms with Crippen molar-refractivity contribution in [3.8, 4) is 0 Å². The van der Waals surface area contributed by atoms with Crippen molar-refractivity contribution >= 4 is 17.5 Å². The van der Waals surface area contributed by atoms with Gasteiger partial charge >= 0.3 is 0 Å². The average Bonchev–Trinajstić information content (AvgIpc) is 2.41. The van der Waals surface area contributed by atoms with E-state index >= 15 is 0 Å². The standard InChI is InChI=1S/C15H22ClNO2/c1-12(11-13-5-7-14(16)8-6-13)15(18)17-9-3-4-10-19-2/h5-8,12H,3-4,9-11H2,1-2H3,(H,17,18). The predicted octanol–water partition coefficient (Wildman–Crippen LogP) is 3.06. The van der Waals surface area contributed by atoms with Crippen LogP contribution in [-0.2, 0) is 16.0 Å². The molecule has 1 atom stereocenters. The van der Waals surface area contributed by atoms with Crippen molar-refractivity contribution < 1.29 is 9.53 Å². The zero-order valence-electron chi connectivity index (χ0n) is 11.6. The summed E-state index contributed by atoms with van der Waals surface area (Å²) in [6.07, 6.45) is 2.66. The largest absolute Gasteiger partial charge is 0.385 e. The van der Waals surface area contributed by atoms with Gasteiger partial charge in [-0.2, -0.15) is 0 Å². The van der Waals surface area contributed by atoms with Gasteiger partial charge in [0.2, 0.25) is 5.91 Å². The Morgan fingerprint density at radius 3 is 2.63 bits per heavy atom. The Labute approximate surface area is 120 Å². The van der Waals surface area contributed by atoms with Crippen LogP contribution in [0.5, 0.6) is 0 Å². The molecule has 1 aromatic carbocycles. The first-order valence-corrected chi connectivity index (χ1v) is 7.02. The minimum Gasteiger partial charge on any atom is -0.385 e. The molecule has 1 rings (SSSR count). The van der Waals surface area contributed by atoms with Crippen LogP contribution in [0.3, 0.4) is 0 Å². The van der Waals surface area contributed by atoms with Crippen LogP contribution in [0.4, 0.5) is 0 Å². The third-order valence-electron chi connectivity index (χ3n) is 2.98. The smallest absolute Gasteiger partial charge is 0.223 e. The number of hydrogen-bond donors (Lipinski definition) is 1. The SMILES string of the molecule is COCCCCNC(=O)C(C)Cc1ccc(Cl)cc1. The summed E-state index contributed by atoms with van der Waals surface area (Å²) < 4.78 is 4.96. The minimum atomic E-state index is -0.0244. The van der Waals surface area contributed by atoms with Gasteiger partial charge in [0, 0.05) is 31.2 Å². The highest BCUT2D eigenvalue weighted by atomic mass is 35.5. The lowest BCUT2D eigenvalue weighted by molar-refractivity contribution is -0.124. The Morgan fingerprint density at radius 1 is 1.32 bits per heavy atom. The van der Waals surface area contributed by atoms with E-state index in [-0.39, 0.29) is 11.8 Å². The zero-order valence-corrected chi connectivity index (χ0v) is 12.4. The molecule has 0 heterocycles. The van der Waals surface area contributed by atoms with E-state index < -0.39 is 0 Å². The predicted molar refractivity (Wildman–Crippen MR) is 78.4 cm³/mol. The number of nitrogens with one attached hydrogen (secondary N) is 1. The van der Waals surface area contributed by atoms with Crippen LogP contribution in [0.15, 0.2) is 24.3 Å². The van der Waals surface area contributed by atoms with Crippen LogP contribution < -0.4 is 5.32 Å². The Bertz CT molecular complexity index is 378. The summed E-state index contributed by atoms with van der Waals surface area (Å²) >= 11 is 5.83. The molecular weight excluding hydrogens is 262 g/mol. The van der Waals surface area contributed by atoms with Gasteiger partial charge in [0.15, 0.2) is 0 Å². The summed E-state index contributed by atoms with van der Waals surface area (Å²) in [5, 5.41) is 3.67. The normalized spacial score (nSPS) is 12.2. The molecule has 0 bridgehead atoms. The molecule has 1 amide bonds. The molecule has 0 saturated carbocycles. The summed E-state index contributed by atoms with van der Waals surface area (Å²) in [5.41, 5.74) is 1.13. The summed E-state index contributed by atoms with van der Waals surface area (Å²) in [5.74, 6) is 0.0796. The van der Waals surface area contributed by atoms with E-state index in [9.17, 15) is 4.79 Å². The number of hydrogen-bond acceptors (Lipinski definition) is 2. The molecule has 4 heteroatoms. The second-order valence-electron chi connectivity index (χ2n) is 4.72. The number of carbonyl (C=O) groups is 1. The Morgan fingerprint density at radius 2 is 2.00 bits per heavy atom. The van der Waals surface area contributed by atoms with Gasteiger partial charge in [0.25, 0.3) is 0 Å². The fraction of sp³-hybridized carbons (Fsp3) is 0.533. The highest BCUT2D eigenvalue weighted by molar-refractivity contribution is 6.30. The van der Waals surface area contributed by atoms with Gasteiger partial charge in [0.1, 0.15) is 0 Å². The van der Waals surface area contributed by atoms with Crippen LogP contribution in [0, 0.1) is 5.92 Å². The molecule has 0 saturated heterocycles. The monoisotopic (exact) mass is 283 g/mol. The summed E-state index contributed by atoms with van der Waals surface area (Å²) in [7, 11) is 1.69. The Hall–Kier alpha value is -1.06. The van der Waals surface area contributed by atoms with Crippen LogP contribution in [0.1, 0.15) is 25.3 Å². The molecule has 19 heavy (non-hydrogen) atoms. The maximum Gasteiger partial charge on any atom is 0.223 e. The Kier molecular flexibility index (Phi) is 7.53. The quantitative estimate of drug-likeness (QED) is 0.745. The molecule has 1 N–H and O–H groups in total. The number of rotatable bonds is 8. The second-order valence-corrected chi connectivity index (χ2v) is 5.16. The lowest BCUT2D eigenvalue weighted by Crippen LogP contribution is -2.31. The van der Waals surface area contributed by atoms with Crippen molar-refractivity contribution in [2.75, 3.05) is 20.3 Å². The molecule has 0 aromatic heterocycles. The van der Waals surface area contributed by atoms with E-state index in [1.165, 1.54) is 0 Å². The van der Waals surface area contributed by atoms with Crippen LogP contribution in [0.2, 0.25) is 5.02 Å². The third-order valence-corrected chi connectivity index (χ3v) is 3.23. The average molecular weight is 284 g/mol. The number of ether oxygens (including phenoxy) is 1. The van der Waals surface area contributed by atoms with Gasteiger partial charge in [-0.1, -0.05) is 30.7 Å². The number of methoxy groups -OCH3 is 1. The molecule has 0 aliphatic rings. The topological polar surface area (TPSA) is 38.3 Å². The van der Waals surface area contributed by atoms with E-state index in [4.69, 9.17) is 16.3 Å². The molecule has 106 valence electrons. The maximum atomic E-state index is 11.9. The summed E-state index contributed by atoms with van der Waals surface area (Å²) in [6, 6.07) is 7.63. The number of unbranched alkanes of at least 4 members (excludes halogenated alkanes) is 1. The summed E-state index contributed by atoms with van der Waals surface area (Å²) in [6.45, 7) is 3.41. The van der Waals surface area contributed by atoms with Gasteiger partial charge in [-0.3, -0.25) is 4.79 Å². The van der Waals surface area contributed by atoms with Crippen molar-refractivity contribution in [2.24, 2.45) is 5.92 Å². The highest BCUT2D eigenvalue weighted by Gasteiger charge is 2.12. The molecule has 3 nitrogen and oxygen atoms in total.